The van der Waals surface area contributed by atoms with Gasteiger partial charge in [0.2, 0.25) is 5.91 Å². The van der Waals surface area contributed by atoms with Crippen LogP contribution in [0.25, 0.3) is 0 Å². The number of halogens is 1. The van der Waals surface area contributed by atoms with Crippen LogP contribution in [0.5, 0.6) is 0 Å². The van der Waals surface area contributed by atoms with Gasteiger partial charge in [0.05, 0.1) is 6.42 Å². The van der Waals surface area contributed by atoms with E-state index in [1.165, 1.54) is 0 Å². The molecule has 1 N–H and O–H groups in total. The molecule has 0 aliphatic carbocycles. The second kappa shape index (κ2) is 6.57. The van der Waals surface area contributed by atoms with Crippen LogP contribution in [0.15, 0.2) is 41.1 Å². The number of carbonyl (C=O) groups excluding carboxylic acids is 1. The predicted molar refractivity (Wildman–Crippen MR) is 75.9 cm³/mol. The van der Waals surface area contributed by atoms with Crippen molar-refractivity contribution < 1.29 is 4.79 Å². The van der Waals surface area contributed by atoms with E-state index in [9.17, 15) is 4.79 Å². The van der Waals surface area contributed by atoms with Crippen LogP contribution in [0.3, 0.4) is 0 Å². The van der Waals surface area contributed by atoms with Crippen LogP contribution < -0.4 is 5.32 Å². The number of amides is 1. The Balaban J connectivity index is 1.85. The summed E-state index contributed by atoms with van der Waals surface area (Å²) in [5.74, 6) is 0.543. The lowest BCUT2D eigenvalue weighted by Gasteiger charge is -2.06. The van der Waals surface area contributed by atoms with Gasteiger partial charge in [-0.3, -0.25) is 4.79 Å². The highest BCUT2D eigenvalue weighted by molar-refractivity contribution is 7.07. The molecule has 1 aromatic carbocycles. The molecular weight excluding hydrogens is 266 g/mol. The molecule has 0 radical (unpaired) electrons. The number of alkyl halides is 1. The predicted octanol–water partition coefficient (Wildman–Crippen LogP) is 3.35. The third kappa shape index (κ3) is 3.86. The van der Waals surface area contributed by atoms with Gasteiger partial charge in [0, 0.05) is 12.4 Å². The number of carbonyl (C=O) groups is 1. The number of benzene rings is 1. The molecule has 1 aromatic heterocycles. The summed E-state index contributed by atoms with van der Waals surface area (Å²) in [5, 5.41) is 6.88. The van der Waals surface area contributed by atoms with Crippen LogP contribution in [-0.2, 0) is 23.6 Å². The fourth-order valence-corrected chi connectivity index (χ4v) is 2.50. The lowest BCUT2D eigenvalue weighted by Crippen LogP contribution is -2.24. The van der Waals surface area contributed by atoms with Crippen molar-refractivity contribution in [2.75, 3.05) is 0 Å². The number of nitrogens with one attached hydrogen (secondary N) is 1. The minimum atomic E-state index is 0.0460. The lowest BCUT2D eigenvalue weighted by atomic mass is 10.1. The molecule has 1 heterocycles. The maximum absolute atomic E-state index is 11.7. The van der Waals surface area contributed by atoms with Crippen molar-refractivity contribution in [3.05, 3.63) is 57.8 Å². The quantitative estimate of drug-likeness (QED) is 0.836. The van der Waals surface area contributed by atoms with Gasteiger partial charge in [-0.1, -0.05) is 24.3 Å². The Kier molecular flexibility index (Phi) is 4.79. The maximum Gasteiger partial charge on any atom is 0.224 e. The number of hydrogen-bond donors (Lipinski definition) is 1. The van der Waals surface area contributed by atoms with Gasteiger partial charge in [0.15, 0.2) is 0 Å². The zero-order valence-corrected chi connectivity index (χ0v) is 11.4. The Morgan fingerprint density at radius 3 is 2.78 bits per heavy atom. The highest BCUT2D eigenvalue weighted by Crippen LogP contribution is 2.09. The summed E-state index contributed by atoms with van der Waals surface area (Å²) in [5.41, 5.74) is 3.21. The van der Waals surface area contributed by atoms with Crippen LogP contribution in [0.2, 0.25) is 0 Å². The van der Waals surface area contributed by atoms with Gasteiger partial charge in [-0.15, -0.1) is 11.6 Å². The van der Waals surface area contributed by atoms with Crippen molar-refractivity contribution in [2.45, 2.75) is 18.8 Å². The van der Waals surface area contributed by atoms with Crippen LogP contribution in [-0.4, -0.2) is 5.91 Å². The molecule has 0 bridgehead atoms. The van der Waals surface area contributed by atoms with E-state index in [1.54, 1.807) is 11.3 Å². The molecule has 0 spiro atoms. The van der Waals surface area contributed by atoms with Crippen LogP contribution in [0.4, 0.5) is 0 Å². The van der Waals surface area contributed by atoms with Crippen LogP contribution >= 0.6 is 22.9 Å². The van der Waals surface area contributed by atoms with E-state index in [2.05, 4.69) is 5.32 Å². The van der Waals surface area contributed by atoms with E-state index in [0.717, 1.165) is 16.7 Å². The first-order valence-electron chi connectivity index (χ1n) is 5.69. The number of thiophene rings is 1. The van der Waals surface area contributed by atoms with Crippen molar-refractivity contribution in [2.24, 2.45) is 0 Å². The first kappa shape index (κ1) is 13.1. The second-order valence-electron chi connectivity index (χ2n) is 4.04. The average molecular weight is 280 g/mol. The molecule has 0 atom stereocenters. The monoisotopic (exact) mass is 279 g/mol. The van der Waals surface area contributed by atoms with Gasteiger partial charge in [0.1, 0.15) is 0 Å². The van der Waals surface area contributed by atoms with Crippen molar-refractivity contribution >= 4 is 28.8 Å². The summed E-state index contributed by atoms with van der Waals surface area (Å²) in [6, 6.07) is 9.90. The van der Waals surface area contributed by atoms with Gasteiger partial charge in [-0.2, -0.15) is 11.3 Å². The normalized spacial score (nSPS) is 10.3. The van der Waals surface area contributed by atoms with E-state index in [1.807, 2.05) is 41.1 Å². The van der Waals surface area contributed by atoms with Gasteiger partial charge >= 0.3 is 0 Å². The molecule has 0 saturated carbocycles. The molecule has 0 unspecified atom stereocenters. The van der Waals surface area contributed by atoms with E-state index < -0.39 is 0 Å². The third-order valence-corrected chi connectivity index (χ3v) is 3.62. The summed E-state index contributed by atoms with van der Waals surface area (Å²) >= 11 is 7.38. The Labute approximate surface area is 116 Å². The van der Waals surface area contributed by atoms with Crippen LogP contribution in [0.1, 0.15) is 16.7 Å². The van der Waals surface area contributed by atoms with Crippen molar-refractivity contribution in [1.82, 2.24) is 5.32 Å². The van der Waals surface area contributed by atoms with Crippen molar-refractivity contribution in [3.63, 3.8) is 0 Å². The first-order chi connectivity index (χ1) is 8.78. The molecule has 0 fully saturated rings. The molecule has 1 amide bonds. The Morgan fingerprint density at radius 2 is 2.06 bits per heavy atom. The van der Waals surface area contributed by atoms with Gasteiger partial charge in [-0.25, -0.2) is 0 Å². The van der Waals surface area contributed by atoms with Gasteiger partial charge in [0.25, 0.3) is 0 Å². The summed E-state index contributed by atoms with van der Waals surface area (Å²) in [6.45, 7) is 0.549. The zero-order chi connectivity index (χ0) is 12.8. The molecule has 0 aliphatic heterocycles. The van der Waals surface area contributed by atoms with E-state index in [-0.39, 0.29) is 5.91 Å². The van der Waals surface area contributed by atoms with Gasteiger partial charge in [-0.05, 0) is 33.5 Å². The van der Waals surface area contributed by atoms with Crippen molar-refractivity contribution in [3.8, 4) is 0 Å². The summed E-state index contributed by atoms with van der Waals surface area (Å²) in [4.78, 5) is 11.7. The smallest absolute Gasteiger partial charge is 0.224 e. The Bertz CT molecular complexity index is 510. The maximum atomic E-state index is 11.7. The molecule has 4 heteroatoms. The minimum Gasteiger partial charge on any atom is -0.352 e. The highest BCUT2D eigenvalue weighted by Gasteiger charge is 2.03. The molecule has 2 nitrogen and oxygen atoms in total. The standard InChI is InChI=1S/C14H14ClNOS/c15-8-11-2-1-3-12(6-11)9-16-14(17)7-13-4-5-18-10-13/h1-6,10H,7-9H2,(H,16,17). The largest absolute Gasteiger partial charge is 0.352 e. The Morgan fingerprint density at radius 1 is 1.22 bits per heavy atom. The summed E-state index contributed by atoms with van der Waals surface area (Å²) in [6.07, 6.45) is 0.443. The van der Waals surface area contributed by atoms with Crippen molar-refractivity contribution in [1.29, 1.82) is 0 Å². The summed E-state index contributed by atoms with van der Waals surface area (Å²) in [7, 11) is 0. The molecule has 0 saturated heterocycles. The zero-order valence-electron chi connectivity index (χ0n) is 9.86. The first-order valence-corrected chi connectivity index (χ1v) is 7.17. The SMILES string of the molecule is O=C(Cc1ccsc1)NCc1cccc(CCl)c1. The second-order valence-corrected chi connectivity index (χ2v) is 5.09. The van der Waals surface area contributed by atoms with Gasteiger partial charge < -0.3 is 5.32 Å². The molecular formula is C14H14ClNOS. The van der Waals surface area contributed by atoms with Crippen LogP contribution in [0, 0.1) is 0 Å². The molecule has 18 heavy (non-hydrogen) atoms. The molecule has 2 rings (SSSR count). The lowest BCUT2D eigenvalue weighted by molar-refractivity contribution is -0.120. The molecule has 2 aromatic rings. The molecule has 94 valence electrons. The summed E-state index contributed by atoms with van der Waals surface area (Å²) < 4.78 is 0. The van der Waals surface area contributed by atoms with E-state index in [4.69, 9.17) is 11.6 Å². The third-order valence-electron chi connectivity index (χ3n) is 2.58. The van der Waals surface area contributed by atoms with E-state index in [0.29, 0.717) is 18.8 Å². The number of rotatable bonds is 5. The minimum absolute atomic E-state index is 0.0460. The highest BCUT2D eigenvalue weighted by atomic mass is 35.5. The topological polar surface area (TPSA) is 29.1 Å². The Hall–Kier alpha value is -1.32. The fourth-order valence-electron chi connectivity index (χ4n) is 1.66. The fraction of sp³-hybridized carbons (Fsp3) is 0.214. The molecule has 0 aliphatic rings. The van der Waals surface area contributed by atoms with E-state index >= 15 is 0 Å². The number of hydrogen-bond acceptors (Lipinski definition) is 2. The average Bonchev–Trinajstić information content (AvgIpc) is 2.89.